The summed E-state index contributed by atoms with van der Waals surface area (Å²) in [7, 11) is 0. The van der Waals surface area contributed by atoms with E-state index >= 15 is 0 Å². The van der Waals surface area contributed by atoms with Gasteiger partial charge in [-0.3, -0.25) is 4.79 Å². The van der Waals surface area contributed by atoms with Crippen molar-refractivity contribution in [2.45, 2.75) is 44.1 Å². The predicted molar refractivity (Wildman–Crippen MR) is 110 cm³/mol. The lowest BCUT2D eigenvalue weighted by Gasteiger charge is -2.20. The molecule has 2 aromatic carbocycles. The normalized spacial score (nSPS) is 12.5. The van der Waals surface area contributed by atoms with Crippen molar-refractivity contribution in [1.82, 2.24) is 5.32 Å². The van der Waals surface area contributed by atoms with Gasteiger partial charge >= 0.3 is 0 Å². The van der Waals surface area contributed by atoms with Gasteiger partial charge in [-0.05, 0) is 54.3 Å². The summed E-state index contributed by atoms with van der Waals surface area (Å²) in [5, 5.41) is 3.64. The molecular weight excluding hydrogens is 366 g/mol. The number of carbonyl (C=O) groups excluding carboxylic acids is 1. The molecule has 5 heteroatoms. The zero-order valence-electron chi connectivity index (χ0n) is 15.7. The zero-order valence-corrected chi connectivity index (χ0v) is 17.3. The lowest BCUT2D eigenvalue weighted by atomic mass is 9.87. The highest BCUT2D eigenvalue weighted by Crippen LogP contribution is 2.24. The molecule has 0 radical (unpaired) electrons. The van der Waals surface area contributed by atoms with E-state index in [9.17, 15) is 4.79 Å². The lowest BCUT2D eigenvalue weighted by Crippen LogP contribution is -2.37. The van der Waals surface area contributed by atoms with Crippen LogP contribution in [0.15, 0.2) is 53.4 Å². The van der Waals surface area contributed by atoms with Gasteiger partial charge in [0.25, 0.3) is 5.91 Å². The molecule has 0 aromatic heterocycles. The Morgan fingerprint density at radius 2 is 1.73 bits per heavy atom. The number of carbonyl (C=O) groups is 1. The van der Waals surface area contributed by atoms with Crippen molar-refractivity contribution >= 4 is 29.3 Å². The number of hydrogen-bond donors (Lipinski definition) is 1. The summed E-state index contributed by atoms with van der Waals surface area (Å²) in [6.45, 7) is 8.85. The fourth-order valence-electron chi connectivity index (χ4n) is 2.31. The van der Waals surface area contributed by atoms with Crippen LogP contribution >= 0.6 is 23.4 Å². The van der Waals surface area contributed by atoms with Gasteiger partial charge in [0.15, 0.2) is 6.10 Å². The Balaban J connectivity index is 1.74. The Morgan fingerprint density at radius 3 is 2.31 bits per heavy atom. The molecule has 1 amide bonds. The van der Waals surface area contributed by atoms with E-state index in [0.29, 0.717) is 12.3 Å². The van der Waals surface area contributed by atoms with Crippen molar-refractivity contribution in [3.63, 3.8) is 0 Å². The average Bonchev–Trinajstić information content (AvgIpc) is 2.59. The van der Waals surface area contributed by atoms with Gasteiger partial charge in [-0.15, -0.1) is 11.8 Å². The van der Waals surface area contributed by atoms with Gasteiger partial charge in [0, 0.05) is 22.2 Å². The van der Waals surface area contributed by atoms with Gasteiger partial charge in [-0.2, -0.15) is 0 Å². The smallest absolute Gasteiger partial charge is 0.260 e. The van der Waals surface area contributed by atoms with Crippen LogP contribution in [0.2, 0.25) is 5.02 Å². The number of benzene rings is 2. The Labute approximate surface area is 165 Å². The van der Waals surface area contributed by atoms with Gasteiger partial charge in [-0.1, -0.05) is 44.5 Å². The molecular formula is C21H26ClNO2S. The molecule has 0 saturated carbocycles. The van der Waals surface area contributed by atoms with Gasteiger partial charge in [0.1, 0.15) is 5.75 Å². The van der Waals surface area contributed by atoms with Crippen molar-refractivity contribution in [2.75, 3.05) is 12.3 Å². The maximum atomic E-state index is 12.2. The fraction of sp³-hybridized carbons (Fsp3) is 0.381. The van der Waals surface area contributed by atoms with E-state index in [2.05, 4.69) is 26.1 Å². The zero-order chi connectivity index (χ0) is 19.2. The third kappa shape index (κ3) is 6.58. The standard InChI is InChI=1S/C21H26ClNO2S/c1-15(25-18-9-5-16(6-10-18)21(2,3)4)20(24)23-13-14-26-19-11-7-17(22)8-12-19/h5-12,15H,13-14H2,1-4H3,(H,23,24)/t15-/m1/s1. The summed E-state index contributed by atoms with van der Waals surface area (Å²) in [5.41, 5.74) is 1.34. The maximum Gasteiger partial charge on any atom is 0.260 e. The van der Waals surface area contributed by atoms with Gasteiger partial charge in [0.2, 0.25) is 0 Å². The van der Waals surface area contributed by atoms with Crippen molar-refractivity contribution in [1.29, 1.82) is 0 Å². The summed E-state index contributed by atoms with van der Waals surface area (Å²) in [5.74, 6) is 1.39. The van der Waals surface area contributed by atoms with Crippen LogP contribution in [0.1, 0.15) is 33.3 Å². The Kier molecular flexibility index (Phi) is 7.42. The van der Waals surface area contributed by atoms with Crippen LogP contribution in [0, 0.1) is 0 Å². The van der Waals surface area contributed by atoms with Crippen molar-refractivity contribution < 1.29 is 9.53 Å². The minimum atomic E-state index is -0.531. The van der Waals surface area contributed by atoms with E-state index in [0.717, 1.165) is 15.7 Å². The molecule has 0 unspecified atom stereocenters. The highest BCUT2D eigenvalue weighted by Gasteiger charge is 2.16. The first-order valence-electron chi connectivity index (χ1n) is 8.69. The number of thioether (sulfide) groups is 1. The van der Waals surface area contributed by atoms with E-state index in [1.54, 1.807) is 18.7 Å². The monoisotopic (exact) mass is 391 g/mol. The predicted octanol–water partition coefficient (Wildman–Crippen LogP) is 5.31. The average molecular weight is 392 g/mol. The van der Waals surface area contributed by atoms with E-state index in [1.807, 2.05) is 48.5 Å². The van der Waals surface area contributed by atoms with Crippen LogP contribution in [-0.2, 0) is 10.2 Å². The molecule has 0 heterocycles. The molecule has 0 aliphatic heterocycles. The largest absolute Gasteiger partial charge is 0.481 e. The maximum absolute atomic E-state index is 12.2. The number of halogens is 1. The molecule has 1 atom stereocenters. The second kappa shape index (κ2) is 9.33. The van der Waals surface area contributed by atoms with Crippen LogP contribution in [0.5, 0.6) is 5.75 Å². The molecule has 2 aromatic rings. The number of amides is 1. The molecule has 0 aliphatic rings. The number of ether oxygens (including phenoxy) is 1. The Bertz CT molecular complexity index is 708. The molecule has 0 bridgehead atoms. The summed E-state index contributed by atoms with van der Waals surface area (Å²) in [6, 6.07) is 15.6. The van der Waals surface area contributed by atoms with Gasteiger partial charge in [-0.25, -0.2) is 0 Å². The van der Waals surface area contributed by atoms with E-state index in [4.69, 9.17) is 16.3 Å². The first-order valence-corrected chi connectivity index (χ1v) is 10.1. The molecule has 140 valence electrons. The topological polar surface area (TPSA) is 38.3 Å². The molecule has 0 spiro atoms. The third-order valence-corrected chi connectivity index (χ3v) is 5.15. The highest BCUT2D eigenvalue weighted by molar-refractivity contribution is 7.99. The summed E-state index contributed by atoms with van der Waals surface area (Å²) in [6.07, 6.45) is -0.531. The quantitative estimate of drug-likeness (QED) is 0.513. The van der Waals surface area contributed by atoms with E-state index in [-0.39, 0.29) is 11.3 Å². The van der Waals surface area contributed by atoms with Crippen LogP contribution in [0.25, 0.3) is 0 Å². The second-order valence-corrected chi connectivity index (χ2v) is 8.73. The van der Waals surface area contributed by atoms with Crippen LogP contribution in [0.4, 0.5) is 0 Å². The Morgan fingerprint density at radius 1 is 1.12 bits per heavy atom. The number of nitrogens with one attached hydrogen (secondary N) is 1. The molecule has 2 rings (SSSR count). The first kappa shape index (κ1) is 20.7. The summed E-state index contributed by atoms with van der Waals surface area (Å²) >= 11 is 7.54. The van der Waals surface area contributed by atoms with Crippen LogP contribution in [0.3, 0.4) is 0 Å². The SMILES string of the molecule is C[C@@H](Oc1ccc(C(C)(C)C)cc1)C(=O)NCCSc1ccc(Cl)cc1. The highest BCUT2D eigenvalue weighted by atomic mass is 35.5. The lowest BCUT2D eigenvalue weighted by molar-refractivity contribution is -0.127. The number of hydrogen-bond acceptors (Lipinski definition) is 3. The molecule has 1 N–H and O–H groups in total. The van der Waals surface area contributed by atoms with Crippen molar-refractivity contribution in [3.05, 3.63) is 59.1 Å². The molecule has 0 aliphatic carbocycles. The van der Waals surface area contributed by atoms with Gasteiger partial charge < -0.3 is 10.1 Å². The minimum absolute atomic E-state index is 0.100. The van der Waals surface area contributed by atoms with E-state index < -0.39 is 6.10 Å². The van der Waals surface area contributed by atoms with Crippen molar-refractivity contribution in [2.24, 2.45) is 0 Å². The molecule has 3 nitrogen and oxygen atoms in total. The number of rotatable bonds is 7. The molecule has 0 saturated heterocycles. The fourth-order valence-corrected chi connectivity index (χ4v) is 3.20. The van der Waals surface area contributed by atoms with Crippen molar-refractivity contribution in [3.8, 4) is 5.75 Å². The summed E-state index contributed by atoms with van der Waals surface area (Å²) in [4.78, 5) is 13.3. The first-order chi connectivity index (χ1) is 12.3. The molecule has 26 heavy (non-hydrogen) atoms. The van der Waals surface area contributed by atoms with E-state index in [1.165, 1.54) is 5.56 Å². The Hall–Kier alpha value is -1.65. The van der Waals surface area contributed by atoms with Gasteiger partial charge in [0.05, 0.1) is 0 Å². The third-order valence-electron chi connectivity index (χ3n) is 3.89. The summed E-state index contributed by atoms with van der Waals surface area (Å²) < 4.78 is 5.74. The second-order valence-electron chi connectivity index (χ2n) is 7.13. The van der Waals surface area contributed by atoms with Crippen LogP contribution < -0.4 is 10.1 Å². The molecule has 0 fully saturated rings. The van der Waals surface area contributed by atoms with Crippen LogP contribution in [-0.4, -0.2) is 24.3 Å². The minimum Gasteiger partial charge on any atom is -0.481 e.